The molecule has 0 spiro atoms. The molecule has 2 heterocycles. The highest BCUT2D eigenvalue weighted by Crippen LogP contribution is 2.48. The second-order valence-corrected chi connectivity index (χ2v) is 10.3. The van der Waals surface area contributed by atoms with Crippen LogP contribution in [0, 0.1) is 0 Å². The Morgan fingerprint density at radius 2 is 1.70 bits per heavy atom. The zero-order chi connectivity index (χ0) is 28.7. The van der Waals surface area contributed by atoms with E-state index in [2.05, 4.69) is 4.74 Å². The summed E-state index contributed by atoms with van der Waals surface area (Å²) >= 11 is 0. The molecular weight excluding hydrogens is 541 g/mol. The molecule has 0 amide bonds. The molecule has 4 nitrogen and oxygen atoms in total. The fourth-order valence-electron chi connectivity index (χ4n) is 5.78. The minimum absolute atomic E-state index is 0.0323. The fourth-order valence-corrected chi connectivity index (χ4v) is 5.78. The minimum Gasteiger partial charge on any atom is -0.406 e. The van der Waals surface area contributed by atoms with Crippen molar-refractivity contribution in [2.75, 3.05) is 36.0 Å². The molecule has 1 N–H and O–H groups in total. The van der Waals surface area contributed by atoms with Gasteiger partial charge in [-0.15, -0.1) is 13.2 Å². The summed E-state index contributed by atoms with van der Waals surface area (Å²) in [6.45, 7) is 0.0120. The molecule has 40 heavy (non-hydrogen) atoms. The van der Waals surface area contributed by atoms with Gasteiger partial charge in [0.15, 0.2) is 6.10 Å². The van der Waals surface area contributed by atoms with E-state index in [0.717, 1.165) is 17.3 Å². The first-order chi connectivity index (χ1) is 18.8. The topological polar surface area (TPSA) is 35.9 Å². The van der Waals surface area contributed by atoms with E-state index in [1.807, 2.05) is 23.1 Å². The number of hydrogen-bond acceptors (Lipinski definition) is 4. The first kappa shape index (κ1) is 28.1. The van der Waals surface area contributed by atoms with Crippen LogP contribution in [0.25, 0.3) is 0 Å². The van der Waals surface area contributed by atoms with Gasteiger partial charge in [-0.1, -0.05) is 42.5 Å². The molecule has 1 fully saturated rings. The van der Waals surface area contributed by atoms with Crippen LogP contribution < -0.4 is 14.5 Å². The third kappa shape index (κ3) is 5.84. The molecule has 0 aliphatic carbocycles. The monoisotopic (exact) mass is 568 g/mol. The summed E-state index contributed by atoms with van der Waals surface area (Å²) in [6.07, 6.45) is -12.7. The lowest BCUT2D eigenvalue weighted by Gasteiger charge is -2.33. The van der Waals surface area contributed by atoms with Gasteiger partial charge in [0.05, 0.1) is 6.54 Å². The molecule has 2 aliphatic heterocycles. The molecule has 1 saturated heterocycles. The molecule has 0 aromatic heterocycles. The number of aliphatic hydroxyl groups is 1. The Morgan fingerprint density at radius 1 is 0.950 bits per heavy atom. The zero-order valence-electron chi connectivity index (χ0n) is 21.2. The van der Waals surface area contributed by atoms with Gasteiger partial charge in [0.2, 0.25) is 0 Å². The van der Waals surface area contributed by atoms with E-state index >= 15 is 0 Å². The largest absolute Gasteiger partial charge is 0.573 e. The van der Waals surface area contributed by atoms with Gasteiger partial charge in [-0.2, -0.15) is 13.2 Å². The van der Waals surface area contributed by atoms with E-state index in [9.17, 15) is 35.8 Å². The molecule has 3 atom stereocenters. The van der Waals surface area contributed by atoms with Crippen molar-refractivity contribution in [2.24, 2.45) is 0 Å². The Balaban J connectivity index is 1.59. The SMILES string of the molecule is O[C@H](CN1CC(Cc2cccc(N3CC[C@@H](F)C3)c2)(c2cccc(OC(F)(F)F)c2)c2ccccc21)C(F)(F)F. The van der Waals surface area contributed by atoms with Gasteiger partial charge < -0.3 is 19.6 Å². The molecule has 11 heteroatoms. The molecule has 214 valence electrons. The number of anilines is 2. The maximum atomic E-state index is 13.9. The predicted octanol–water partition coefficient (Wildman–Crippen LogP) is 6.41. The third-order valence-corrected chi connectivity index (χ3v) is 7.52. The number of nitrogens with zero attached hydrogens (tertiary/aromatic N) is 2. The van der Waals surface area contributed by atoms with E-state index in [-0.39, 0.29) is 19.5 Å². The number of alkyl halides is 7. The lowest BCUT2D eigenvalue weighted by atomic mass is 9.71. The van der Waals surface area contributed by atoms with Crippen LogP contribution in [0.15, 0.2) is 72.8 Å². The molecular formula is C29H27F7N2O2. The molecule has 3 aromatic rings. The average molecular weight is 569 g/mol. The molecule has 5 rings (SSSR count). The van der Waals surface area contributed by atoms with Gasteiger partial charge in [0.1, 0.15) is 11.9 Å². The molecule has 0 radical (unpaired) electrons. The van der Waals surface area contributed by atoms with E-state index in [1.165, 1.54) is 17.0 Å². The van der Waals surface area contributed by atoms with Crippen LogP contribution in [-0.4, -0.2) is 56.1 Å². The maximum Gasteiger partial charge on any atom is 0.573 e. The van der Waals surface area contributed by atoms with Crippen molar-refractivity contribution in [2.45, 2.75) is 43.1 Å². The maximum absolute atomic E-state index is 13.9. The number of hydrogen-bond donors (Lipinski definition) is 1. The first-order valence-electron chi connectivity index (χ1n) is 12.8. The van der Waals surface area contributed by atoms with Crippen LogP contribution in [0.1, 0.15) is 23.1 Å². The Labute approximate surface area is 226 Å². The standard InChI is InChI=1S/C29H27F7N2O2/c30-21-11-12-37(16-21)22-7-3-5-19(13-22)15-27(20-6-4-8-23(14-20)40-29(34,35)36)18-38(17-26(39)28(31,32)33)25-10-2-1-9-24(25)27/h1-10,13-14,21,26,39H,11-12,15-18H2/t21-,26-,27?/m1/s1. The first-order valence-corrected chi connectivity index (χ1v) is 12.8. The Morgan fingerprint density at radius 3 is 2.40 bits per heavy atom. The van der Waals surface area contributed by atoms with E-state index in [4.69, 9.17) is 0 Å². The predicted molar refractivity (Wildman–Crippen MR) is 136 cm³/mol. The van der Waals surface area contributed by atoms with Crippen molar-refractivity contribution >= 4 is 11.4 Å². The smallest absolute Gasteiger partial charge is 0.406 e. The van der Waals surface area contributed by atoms with Crippen LogP contribution in [0.2, 0.25) is 0 Å². The van der Waals surface area contributed by atoms with E-state index in [1.54, 1.807) is 36.4 Å². The summed E-state index contributed by atoms with van der Waals surface area (Å²) in [4.78, 5) is 3.33. The number of ether oxygens (including phenoxy) is 1. The zero-order valence-corrected chi connectivity index (χ0v) is 21.2. The Kier molecular flexibility index (Phi) is 7.37. The van der Waals surface area contributed by atoms with Crippen molar-refractivity contribution < 1.29 is 40.6 Å². The Bertz CT molecular complexity index is 1350. The van der Waals surface area contributed by atoms with Gasteiger partial charge in [-0.05, 0) is 59.9 Å². The molecule has 2 aliphatic rings. The summed E-state index contributed by atoms with van der Waals surface area (Å²) in [5.74, 6) is -0.449. The molecule has 3 aromatic carbocycles. The van der Waals surface area contributed by atoms with Gasteiger partial charge in [0.25, 0.3) is 0 Å². The van der Waals surface area contributed by atoms with Crippen LogP contribution >= 0.6 is 0 Å². The third-order valence-electron chi connectivity index (χ3n) is 7.52. The average Bonchev–Trinajstić information content (AvgIpc) is 3.45. The number of fused-ring (bicyclic) bond motifs is 1. The highest BCUT2D eigenvalue weighted by atomic mass is 19.4. The van der Waals surface area contributed by atoms with Gasteiger partial charge in [0, 0.05) is 36.4 Å². The summed E-state index contributed by atoms with van der Waals surface area (Å²) in [5.41, 5.74) is 1.96. The number of benzene rings is 3. The van der Waals surface area contributed by atoms with Crippen molar-refractivity contribution in [3.8, 4) is 5.75 Å². The minimum atomic E-state index is -4.93. The van der Waals surface area contributed by atoms with Crippen molar-refractivity contribution in [3.05, 3.63) is 89.5 Å². The second kappa shape index (κ2) is 10.5. The molecule has 0 bridgehead atoms. The summed E-state index contributed by atoms with van der Waals surface area (Å²) in [7, 11) is 0. The molecule has 1 unspecified atom stereocenters. The highest BCUT2D eigenvalue weighted by molar-refractivity contribution is 5.67. The lowest BCUT2D eigenvalue weighted by molar-refractivity contribution is -0.274. The fraction of sp³-hybridized carbons (Fsp3) is 0.379. The van der Waals surface area contributed by atoms with Gasteiger partial charge in [-0.25, -0.2) is 4.39 Å². The summed E-state index contributed by atoms with van der Waals surface area (Å²) in [5, 5.41) is 9.91. The van der Waals surface area contributed by atoms with Crippen LogP contribution in [-0.2, 0) is 11.8 Å². The van der Waals surface area contributed by atoms with E-state index in [0.29, 0.717) is 29.8 Å². The molecule has 0 saturated carbocycles. The van der Waals surface area contributed by atoms with E-state index < -0.39 is 42.5 Å². The lowest BCUT2D eigenvalue weighted by Crippen LogP contribution is -2.44. The Hall–Kier alpha value is -3.47. The van der Waals surface area contributed by atoms with Crippen molar-refractivity contribution in [3.63, 3.8) is 0 Å². The van der Waals surface area contributed by atoms with Crippen LogP contribution in [0.4, 0.5) is 42.1 Å². The number of aliphatic hydroxyl groups excluding tert-OH is 1. The van der Waals surface area contributed by atoms with Crippen LogP contribution in [0.3, 0.4) is 0 Å². The van der Waals surface area contributed by atoms with Gasteiger partial charge >= 0.3 is 12.5 Å². The van der Waals surface area contributed by atoms with Crippen LogP contribution in [0.5, 0.6) is 5.75 Å². The normalized spacial score (nSPS) is 21.9. The number of halogens is 7. The quantitative estimate of drug-likeness (QED) is 0.335. The summed E-state index contributed by atoms with van der Waals surface area (Å²) < 4.78 is 97.3. The number of para-hydroxylation sites is 1. The number of β-amino-alcohol motifs (C(OH)–C–C–N with tert-alkyl or cyclic N) is 1. The number of rotatable bonds is 7. The highest BCUT2D eigenvalue weighted by Gasteiger charge is 2.47. The second-order valence-electron chi connectivity index (χ2n) is 10.3. The van der Waals surface area contributed by atoms with Gasteiger partial charge in [-0.3, -0.25) is 0 Å². The van der Waals surface area contributed by atoms with Crippen molar-refractivity contribution in [1.82, 2.24) is 0 Å². The summed E-state index contributed by atoms with van der Waals surface area (Å²) in [6, 6.07) is 19.6. The van der Waals surface area contributed by atoms with Crippen molar-refractivity contribution in [1.29, 1.82) is 0 Å².